The Kier molecular flexibility index (Phi) is 5.16. The first-order valence-electron chi connectivity index (χ1n) is 11.0. The Balaban J connectivity index is 1.46. The third-order valence-corrected chi connectivity index (χ3v) is 6.54. The second-order valence-corrected chi connectivity index (χ2v) is 8.91. The van der Waals surface area contributed by atoms with E-state index < -0.39 is 5.66 Å². The average Bonchev–Trinajstić information content (AvgIpc) is 3.17. The minimum absolute atomic E-state index is 0.134. The smallest absolute Gasteiger partial charge is 0.193 e. The second kappa shape index (κ2) is 8.01. The van der Waals surface area contributed by atoms with Crippen molar-refractivity contribution in [2.45, 2.75) is 31.3 Å². The van der Waals surface area contributed by atoms with E-state index in [0.717, 1.165) is 41.4 Å². The van der Waals surface area contributed by atoms with Gasteiger partial charge in [0, 0.05) is 22.0 Å². The average molecular weight is 428 g/mol. The summed E-state index contributed by atoms with van der Waals surface area (Å²) >= 11 is 0. The molecule has 4 aromatic rings. The van der Waals surface area contributed by atoms with Crippen LogP contribution in [-0.2, 0) is 18.5 Å². The number of rotatable bonds is 5. The van der Waals surface area contributed by atoms with Crippen LogP contribution in [0.5, 0.6) is 0 Å². The molecule has 0 bridgehead atoms. The van der Waals surface area contributed by atoms with E-state index in [4.69, 9.17) is 11.5 Å². The first kappa shape index (κ1) is 20.6. The number of aromatic nitrogens is 1. The number of carbonyl (C=O) groups is 1. The third-order valence-electron chi connectivity index (χ3n) is 6.54. The molecule has 0 saturated heterocycles. The SMILES string of the molecule is NC1(N)CC(CCc2ccccc2)Cc2c1[nH]c1ccc(C(=O)c3ccc(F)cc3)cc21. The fourth-order valence-electron chi connectivity index (χ4n) is 4.93. The van der Waals surface area contributed by atoms with E-state index in [1.807, 2.05) is 18.2 Å². The highest BCUT2D eigenvalue weighted by molar-refractivity contribution is 6.10. The van der Waals surface area contributed by atoms with Crippen molar-refractivity contribution in [1.29, 1.82) is 0 Å². The van der Waals surface area contributed by atoms with Crippen molar-refractivity contribution < 1.29 is 9.18 Å². The van der Waals surface area contributed by atoms with Gasteiger partial charge in [-0.05, 0) is 85.2 Å². The summed E-state index contributed by atoms with van der Waals surface area (Å²) in [7, 11) is 0. The zero-order chi connectivity index (χ0) is 22.3. The number of aromatic amines is 1. The van der Waals surface area contributed by atoms with Gasteiger partial charge in [0.25, 0.3) is 0 Å². The number of halogens is 1. The van der Waals surface area contributed by atoms with Crippen LogP contribution in [0.15, 0.2) is 72.8 Å². The van der Waals surface area contributed by atoms with E-state index in [2.05, 4.69) is 29.2 Å². The lowest BCUT2D eigenvalue weighted by Crippen LogP contribution is -2.51. The Hall–Kier alpha value is -3.28. The Morgan fingerprint density at radius 1 is 1.00 bits per heavy atom. The van der Waals surface area contributed by atoms with Crippen LogP contribution in [-0.4, -0.2) is 10.8 Å². The van der Waals surface area contributed by atoms with Crippen molar-refractivity contribution in [2.75, 3.05) is 0 Å². The van der Waals surface area contributed by atoms with Gasteiger partial charge in [0.05, 0.1) is 5.69 Å². The molecule has 1 heterocycles. The molecule has 0 radical (unpaired) electrons. The van der Waals surface area contributed by atoms with Gasteiger partial charge >= 0.3 is 0 Å². The first-order chi connectivity index (χ1) is 15.4. The van der Waals surface area contributed by atoms with Crippen LogP contribution in [0.4, 0.5) is 4.39 Å². The molecule has 1 aromatic heterocycles. The van der Waals surface area contributed by atoms with Gasteiger partial charge in [0.1, 0.15) is 11.5 Å². The van der Waals surface area contributed by atoms with Gasteiger partial charge in [-0.1, -0.05) is 30.3 Å². The largest absolute Gasteiger partial charge is 0.356 e. The molecule has 4 nitrogen and oxygen atoms in total. The Bertz CT molecular complexity index is 1280. The van der Waals surface area contributed by atoms with Crippen LogP contribution in [0.1, 0.15) is 45.6 Å². The summed E-state index contributed by atoms with van der Waals surface area (Å²) in [6.07, 6.45) is 3.56. The summed E-state index contributed by atoms with van der Waals surface area (Å²) in [4.78, 5) is 16.4. The predicted molar refractivity (Wildman–Crippen MR) is 125 cm³/mol. The molecule has 1 atom stereocenters. The van der Waals surface area contributed by atoms with Gasteiger partial charge in [0.15, 0.2) is 5.78 Å². The molecule has 1 unspecified atom stereocenters. The van der Waals surface area contributed by atoms with Crippen LogP contribution in [0.2, 0.25) is 0 Å². The maximum absolute atomic E-state index is 13.2. The van der Waals surface area contributed by atoms with Crippen molar-refractivity contribution in [3.63, 3.8) is 0 Å². The van der Waals surface area contributed by atoms with E-state index in [0.29, 0.717) is 23.5 Å². The topological polar surface area (TPSA) is 84.9 Å². The van der Waals surface area contributed by atoms with Crippen LogP contribution < -0.4 is 11.5 Å². The number of aryl methyl sites for hydroxylation is 1. The standard InChI is InChI=1S/C27H26FN3O/c28-21-11-8-19(9-12-21)25(32)20-10-13-24-22(15-20)23-14-18(16-27(29,30)26(23)31-24)7-6-17-4-2-1-3-5-17/h1-5,8-13,15,18,31H,6-7,14,16,29-30H2. The summed E-state index contributed by atoms with van der Waals surface area (Å²) in [6, 6.07) is 21.7. The molecule has 5 N–H and O–H groups in total. The molecule has 32 heavy (non-hydrogen) atoms. The van der Waals surface area contributed by atoms with Crippen molar-refractivity contribution in [2.24, 2.45) is 17.4 Å². The van der Waals surface area contributed by atoms with Gasteiger partial charge in [-0.15, -0.1) is 0 Å². The molecule has 1 aliphatic rings. The minimum atomic E-state index is -0.935. The van der Waals surface area contributed by atoms with E-state index in [1.165, 1.54) is 29.8 Å². The van der Waals surface area contributed by atoms with Gasteiger partial charge in [-0.25, -0.2) is 4.39 Å². The zero-order valence-corrected chi connectivity index (χ0v) is 17.8. The van der Waals surface area contributed by atoms with Crippen LogP contribution in [0, 0.1) is 11.7 Å². The highest BCUT2D eigenvalue weighted by Gasteiger charge is 2.36. The monoisotopic (exact) mass is 427 g/mol. The van der Waals surface area contributed by atoms with Gasteiger partial charge in [-0.3, -0.25) is 4.79 Å². The number of hydrogen-bond acceptors (Lipinski definition) is 3. The van der Waals surface area contributed by atoms with E-state index in [9.17, 15) is 9.18 Å². The number of hydrogen-bond donors (Lipinski definition) is 3. The number of carbonyl (C=O) groups excluding carboxylic acids is 1. The molecule has 0 spiro atoms. The summed E-state index contributed by atoms with van der Waals surface area (Å²) < 4.78 is 13.2. The van der Waals surface area contributed by atoms with Crippen LogP contribution >= 0.6 is 0 Å². The molecule has 5 heteroatoms. The van der Waals surface area contributed by atoms with Crippen molar-refractivity contribution in [3.05, 3.63) is 107 Å². The maximum atomic E-state index is 13.2. The van der Waals surface area contributed by atoms with Crippen LogP contribution in [0.3, 0.4) is 0 Å². The number of H-pyrrole nitrogens is 1. The second-order valence-electron chi connectivity index (χ2n) is 8.91. The number of nitrogens with two attached hydrogens (primary N) is 2. The lowest BCUT2D eigenvalue weighted by molar-refractivity contribution is 0.103. The van der Waals surface area contributed by atoms with Crippen molar-refractivity contribution in [3.8, 4) is 0 Å². The Morgan fingerprint density at radius 2 is 1.72 bits per heavy atom. The van der Waals surface area contributed by atoms with Gasteiger partial charge in [-0.2, -0.15) is 0 Å². The van der Waals surface area contributed by atoms with Crippen molar-refractivity contribution >= 4 is 16.7 Å². The molecule has 0 fully saturated rings. The number of fused-ring (bicyclic) bond motifs is 3. The first-order valence-corrected chi connectivity index (χ1v) is 11.0. The molecule has 1 aliphatic carbocycles. The van der Waals surface area contributed by atoms with E-state index in [-0.39, 0.29) is 11.6 Å². The number of benzene rings is 3. The highest BCUT2D eigenvalue weighted by atomic mass is 19.1. The summed E-state index contributed by atoms with van der Waals surface area (Å²) in [5.41, 5.74) is 17.4. The highest BCUT2D eigenvalue weighted by Crippen LogP contribution is 2.39. The Morgan fingerprint density at radius 3 is 2.47 bits per heavy atom. The quantitative estimate of drug-likeness (QED) is 0.316. The van der Waals surface area contributed by atoms with Crippen LogP contribution in [0.25, 0.3) is 10.9 Å². The van der Waals surface area contributed by atoms with E-state index in [1.54, 1.807) is 6.07 Å². The van der Waals surface area contributed by atoms with Gasteiger partial charge < -0.3 is 16.5 Å². The molecule has 0 amide bonds. The third kappa shape index (κ3) is 3.85. The molecule has 0 saturated carbocycles. The fourth-order valence-corrected chi connectivity index (χ4v) is 4.93. The lowest BCUT2D eigenvalue weighted by Gasteiger charge is -2.35. The van der Waals surface area contributed by atoms with Crippen molar-refractivity contribution in [1.82, 2.24) is 4.98 Å². The molecular formula is C27H26FN3O. The summed E-state index contributed by atoms with van der Waals surface area (Å²) in [6.45, 7) is 0. The maximum Gasteiger partial charge on any atom is 0.193 e. The van der Waals surface area contributed by atoms with Gasteiger partial charge in [0.2, 0.25) is 0 Å². The fraction of sp³-hybridized carbons (Fsp3) is 0.222. The normalized spacial score (nSPS) is 17.3. The molecular weight excluding hydrogens is 401 g/mol. The molecule has 162 valence electrons. The molecule has 0 aliphatic heterocycles. The molecule has 5 rings (SSSR count). The molecule has 3 aromatic carbocycles. The predicted octanol–water partition coefficient (Wildman–Crippen LogP) is 4.80. The van der Waals surface area contributed by atoms with E-state index >= 15 is 0 Å². The number of nitrogens with one attached hydrogen (secondary N) is 1. The number of ketones is 1. The zero-order valence-electron chi connectivity index (χ0n) is 17.8. The Labute approximate surface area is 186 Å². The summed E-state index contributed by atoms with van der Waals surface area (Å²) in [5, 5.41) is 0.984. The minimum Gasteiger partial charge on any atom is -0.356 e. The lowest BCUT2D eigenvalue weighted by atomic mass is 9.77. The summed E-state index contributed by atoms with van der Waals surface area (Å²) in [5.74, 6) is -0.140.